The van der Waals surface area contributed by atoms with E-state index in [-0.39, 0.29) is 11.3 Å². The summed E-state index contributed by atoms with van der Waals surface area (Å²) in [5.74, 6) is -0.760. The zero-order chi connectivity index (χ0) is 13.7. The average molecular weight is 264 g/mol. The minimum Gasteiger partial charge on any atom is -0.341 e. The van der Waals surface area contributed by atoms with Crippen LogP contribution in [-0.2, 0) is 14.6 Å². The first-order valence-electron chi connectivity index (χ1n) is 5.77. The van der Waals surface area contributed by atoms with Crippen molar-refractivity contribution in [2.24, 2.45) is 11.1 Å². The molecule has 0 aliphatic heterocycles. The SMILES string of the molecule is CCCN(CC(C)(C)CN)C(=O)CS(C)(=O)=O. The Morgan fingerprint density at radius 2 is 1.88 bits per heavy atom. The Morgan fingerprint density at radius 3 is 2.24 bits per heavy atom. The number of hydrogen-bond acceptors (Lipinski definition) is 4. The molecule has 5 nitrogen and oxygen atoms in total. The van der Waals surface area contributed by atoms with Crippen LogP contribution in [0.5, 0.6) is 0 Å². The van der Waals surface area contributed by atoms with Gasteiger partial charge < -0.3 is 10.6 Å². The highest BCUT2D eigenvalue weighted by Gasteiger charge is 2.25. The van der Waals surface area contributed by atoms with Crippen LogP contribution in [0.15, 0.2) is 0 Å². The largest absolute Gasteiger partial charge is 0.341 e. The summed E-state index contributed by atoms with van der Waals surface area (Å²) < 4.78 is 22.2. The Balaban J connectivity index is 4.68. The molecule has 17 heavy (non-hydrogen) atoms. The van der Waals surface area contributed by atoms with E-state index in [1.807, 2.05) is 20.8 Å². The van der Waals surface area contributed by atoms with Gasteiger partial charge in [0.25, 0.3) is 0 Å². The number of sulfone groups is 1. The molecule has 1 amide bonds. The molecule has 0 aliphatic rings. The van der Waals surface area contributed by atoms with Crippen molar-refractivity contribution >= 4 is 15.7 Å². The molecule has 0 fully saturated rings. The number of hydrogen-bond donors (Lipinski definition) is 1. The molecule has 0 saturated carbocycles. The van der Waals surface area contributed by atoms with Crippen LogP contribution in [0.25, 0.3) is 0 Å². The van der Waals surface area contributed by atoms with Gasteiger partial charge in [-0.05, 0) is 18.4 Å². The summed E-state index contributed by atoms with van der Waals surface area (Å²) in [7, 11) is -3.27. The fourth-order valence-electron chi connectivity index (χ4n) is 1.46. The van der Waals surface area contributed by atoms with Gasteiger partial charge in [-0.15, -0.1) is 0 Å². The first-order valence-corrected chi connectivity index (χ1v) is 7.83. The topological polar surface area (TPSA) is 80.5 Å². The second kappa shape index (κ2) is 6.35. The summed E-state index contributed by atoms with van der Waals surface area (Å²) in [6.45, 7) is 7.39. The maximum absolute atomic E-state index is 11.8. The second-order valence-electron chi connectivity index (χ2n) is 5.25. The van der Waals surface area contributed by atoms with Crippen molar-refractivity contribution in [1.29, 1.82) is 0 Å². The first-order chi connectivity index (χ1) is 7.61. The summed E-state index contributed by atoms with van der Waals surface area (Å²) >= 11 is 0. The van der Waals surface area contributed by atoms with Gasteiger partial charge in [0, 0.05) is 19.3 Å². The number of nitrogens with zero attached hydrogens (tertiary/aromatic N) is 1. The molecule has 0 heterocycles. The molecule has 0 rings (SSSR count). The van der Waals surface area contributed by atoms with Crippen molar-refractivity contribution in [2.45, 2.75) is 27.2 Å². The van der Waals surface area contributed by atoms with E-state index in [0.717, 1.165) is 12.7 Å². The summed E-state index contributed by atoms with van der Waals surface area (Å²) in [4.78, 5) is 13.4. The molecular weight excluding hydrogens is 240 g/mol. The molecular formula is C11H24N2O3S. The Labute approximate surface area is 104 Å². The van der Waals surface area contributed by atoms with E-state index >= 15 is 0 Å². The van der Waals surface area contributed by atoms with Gasteiger partial charge in [-0.25, -0.2) is 8.42 Å². The van der Waals surface area contributed by atoms with Crippen molar-refractivity contribution in [3.63, 3.8) is 0 Å². The molecule has 0 spiro atoms. The predicted molar refractivity (Wildman–Crippen MR) is 69.4 cm³/mol. The Kier molecular flexibility index (Phi) is 6.12. The molecule has 0 aromatic carbocycles. The summed E-state index contributed by atoms with van der Waals surface area (Å²) in [5.41, 5.74) is 5.43. The van der Waals surface area contributed by atoms with Gasteiger partial charge in [0.1, 0.15) is 5.75 Å². The minimum atomic E-state index is -3.27. The van der Waals surface area contributed by atoms with E-state index in [1.165, 1.54) is 0 Å². The fraction of sp³-hybridized carbons (Fsp3) is 0.909. The molecule has 0 aromatic rings. The summed E-state index contributed by atoms with van der Waals surface area (Å²) in [5, 5.41) is 0. The zero-order valence-corrected chi connectivity index (χ0v) is 12.0. The molecule has 2 N–H and O–H groups in total. The number of rotatable bonds is 7. The maximum atomic E-state index is 11.8. The van der Waals surface area contributed by atoms with E-state index < -0.39 is 15.6 Å². The van der Waals surface area contributed by atoms with Crippen LogP contribution in [0.1, 0.15) is 27.2 Å². The highest BCUT2D eigenvalue weighted by atomic mass is 32.2. The quantitative estimate of drug-likeness (QED) is 0.715. The third kappa shape index (κ3) is 7.33. The highest BCUT2D eigenvalue weighted by molar-refractivity contribution is 7.91. The van der Waals surface area contributed by atoms with E-state index in [1.54, 1.807) is 4.90 Å². The lowest BCUT2D eigenvalue weighted by molar-refractivity contribution is -0.129. The number of amides is 1. The molecule has 0 saturated heterocycles. The van der Waals surface area contributed by atoms with E-state index in [2.05, 4.69) is 0 Å². The molecule has 0 radical (unpaired) electrons. The Hall–Kier alpha value is -0.620. The number of carbonyl (C=O) groups excluding carboxylic acids is 1. The van der Waals surface area contributed by atoms with E-state index in [0.29, 0.717) is 19.6 Å². The predicted octanol–water partition coefficient (Wildman–Crippen LogP) is 0.255. The van der Waals surface area contributed by atoms with Crippen LogP contribution < -0.4 is 5.73 Å². The van der Waals surface area contributed by atoms with Crippen LogP contribution >= 0.6 is 0 Å². The summed E-state index contributed by atoms with van der Waals surface area (Å²) in [6.07, 6.45) is 1.87. The van der Waals surface area contributed by atoms with Crippen molar-refractivity contribution in [1.82, 2.24) is 4.90 Å². The van der Waals surface area contributed by atoms with Crippen molar-refractivity contribution < 1.29 is 13.2 Å². The van der Waals surface area contributed by atoms with Crippen LogP contribution in [0.4, 0.5) is 0 Å². The maximum Gasteiger partial charge on any atom is 0.237 e. The zero-order valence-electron chi connectivity index (χ0n) is 11.2. The molecule has 102 valence electrons. The van der Waals surface area contributed by atoms with Gasteiger partial charge in [0.2, 0.25) is 5.91 Å². The normalized spacial score (nSPS) is 12.5. The van der Waals surface area contributed by atoms with Gasteiger partial charge in [0.15, 0.2) is 9.84 Å². The standard InChI is InChI=1S/C11H24N2O3S/c1-5-6-13(9-11(2,3)8-12)10(14)7-17(4,15)16/h5-9,12H2,1-4H3. The lowest BCUT2D eigenvalue weighted by atomic mass is 9.93. The first kappa shape index (κ1) is 16.4. The van der Waals surface area contributed by atoms with Gasteiger partial charge in [0.05, 0.1) is 0 Å². The van der Waals surface area contributed by atoms with Crippen LogP contribution in [0.2, 0.25) is 0 Å². The van der Waals surface area contributed by atoms with Crippen LogP contribution in [0.3, 0.4) is 0 Å². The van der Waals surface area contributed by atoms with Gasteiger partial charge in [-0.2, -0.15) is 0 Å². The molecule has 0 atom stereocenters. The lowest BCUT2D eigenvalue weighted by Crippen LogP contribution is -2.44. The summed E-state index contributed by atoms with van der Waals surface area (Å²) in [6, 6.07) is 0. The van der Waals surface area contributed by atoms with Gasteiger partial charge in [-0.1, -0.05) is 20.8 Å². The van der Waals surface area contributed by atoms with Crippen molar-refractivity contribution in [2.75, 3.05) is 31.6 Å². The average Bonchev–Trinajstić information content (AvgIpc) is 2.14. The molecule has 6 heteroatoms. The van der Waals surface area contributed by atoms with Crippen molar-refractivity contribution in [3.8, 4) is 0 Å². The molecule has 0 unspecified atom stereocenters. The van der Waals surface area contributed by atoms with Crippen LogP contribution in [0, 0.1) is 5.41 Å². The van der Waals surface area contributed by atoms with Crippen LogP contribution in [-0.4, -0.2) is 50.9 Å². The fourth-order valence-corrected chi connectivity index (χ4v) is 2.09. The minimum absolute atomic E-state index is 0.192. The highest BCUT2D eigenvalue weighted by Crippen LogP contribution is 2.15. The Morgan fingerprint density at radius 1 is 1.35 bits per heavy atom. The smallest absolute Gasteiger partial charge is 0.237 e. The molecule has 0 aliphatic carbocycles. The van der Waals surface area contributed by atoms with E-state index in [9.17, 15) is 13.2 Å². The third-order valence-electron chi connectivity index (χ3n) is 2.40. The monoisotopic (exact) mass is 264 g/mol. The second-order valence-corrected chi connectivity index (χ2v) is 7.39. The lowest BCUT2D eigenvalue weighted by Gasteiger charge is -2.31. The number of nitrogens with two attached hydrogens (primary N) is 1. The third-order valence-corrected chi connectivity index (χ3v) is 3.17. The van der Waals surface area contributed by atoms with Gasteiger partial charge >= 0.3 is 0 Å². The van der Waals surface area contributed by atoms with Crippen molar-refractivity contribution in [3.05, 3.63) is 0 Å². The van der Waals surface area contributed by atoms with E-state index in [4.69, 9.17) is 5.73 Å². The molecule has 0 bridgehead atoms. The Bertz CT molecular complexity index is 350. The number of carbonyl (C=O) groups is 1. The van der Waals surface area contributed by atoms with Gasteiger partial charge in [-0.3, -0.25) is 4.79 Å². The molecule has 0 aromatic heterocycles.